The van der Waals surface area contributed by atoms with E-state index in [0.29, 0.717) is 6.04 Å². The molecule has 0 radical (unpaired) electrons. The molecule has 0 amide bonds. The second-order valence-corrected chi connectivity index (χ2v) is 5.79. The van der Waals surface area contributed by atoms with Crippen molar-refractivity contribution in [1.82, 2.24) is 15.5 Å². The quantitative estimate of drug-likeness (QED) is 0.866. The lowest BCUT2D eigenvalue weighted by molar-refractivity contribution is 0.0342. The second-order valence-electron chi connectivity index (χ2n) is 5.79. The molecule has 0 spiro atoms. The Hall–Kier alpha value is -1.59. The van der Waals surface area contributed by atoms with Crippen molar-refractivity contribution < 1.29 is 4.74 Å². The van der Waals surface area contributed by atoms with Gasteiger partial charge in [-0.2, -0.15) is 0 Å². The second kappa shape index (κ2) is 6.91. The van der Waals surface area contributed by atoms with Gasteiger partial charge in [-0.1, -0.05) is 24.3 Å². The van der Waals surface area contributed by atoms with E-state index >= 15 is 0 Å². The van der Waals surface area contributed by atoms with Crippen LogP contribution in [-0.4, -0.2) is 49.7 Å². The highest BCUT2D eigenvalue weighted by molar-refractivity contribution is 5.81. The third-order valence-electron chi connectivity index (χ3n) is 3.90. The normalized spacial score (nSPS) is 22.7. The average molecular weight is 288 g/mol. The van der Waals surface area contributed by atoms with E-state index in [1.807, 2.05) is 0 Å². The van der Waals surface area contributed by atoms with Crippen LogP contribution in [0, 0.1) is 0 Å². The number of aliphatic imine (C=N–C) groups is 1. The summed E-state index contributed by atoms with van der Waals surface area (Å²) in [5, 5.41) is 6.65. The smallest absolute Gasteiger partial charge is 0.191 e. The van der Waals surface area contributed by atoms with Gasteiger partial charge in [-0.05, 0) is 18.1 Å². The van der Waals surface area contributed by atoms with Crippen LogP contribution >= 0.6 is 0 Å². The summed E-state index contributed by atoms with van der Waals surface area (Å²) in [6.07, 6.45) is 0. The van der Waals surface area contributed by atoms with Gasteiger partial charge in [0.15, 0.2) is 5.96 Å². The molecule has 1 atom stereocenters. The molecule has 1 aromatic rings. The molecule has 2 N–H and O–H groups in total. The topological polar surface area (TPSA) is 48.9 Å². The predicted molar refractivity (Wildman–Crippen MR) is 84.3 cm³/mol. The number of nitrogens with one attached hydrogen (secondary N) is 2. The van der Waals surface area contributed by atoms with E-state index in [4.69, 9.17) is 4.74 Å². The minimum Gasteiger partial charge on any atom is -0.379 e. The maximum absolute atomic E-state index is 5.38. The van der Waals surface area contributed by atoms with Crippen LogP contribution in [0.5, 0.6) is 0 Å². The predicted octanol–water partition coefficient (Wildman–Crippen LogP) is 0.956. The fraction of sp³-hybridized carbons (Fsp3) is 0.562. The number of rotatable bonds is 4. The van der Waals surface area contributed by atoms with Crippen LogP contribution in [0.3, 0.4) is 0 Å². The van der Waals surface area contributed by atoms with Crippen LogP contribution in [0.25, 0.3) is 0 Å². The fourth-order valence-electron chi connectivity index (χ4n) is 2.63. The number of guanidine groups is 1. The molecule has 0 aromatic heterocycles. The molecular formula is C16H24N4O. The summed E-state index contributed by atoms with van der Waals surface area (Å²) in [4.78, 5) is 6.84. The molecule has 2 aliphatic rings. The van der Waals surface area contributed by atoms with Crippen LogP contribution in [0.4, 0.5) is 0 Å². The maximum Gasteiger partial charge on any atom is 0.191 e. The Morgan fingerprint density at radius 3 is 2.62 bits per heavy atom. The largest absolute Gasteiger partial charge is 0.379 e. The molecule has 1 fully saturated rings. The van der Waals surface area contributed by atoms with Gasteiger partial charge in [0.25, 0.3) is 0 Å². The monoisotopic (exact) mass is 288 g/mol. The summed E-state index contributed by atoms with van der Waals surface area (Å²) in [5.74, 6) is 0.917. The molecule has 1 aromatic carbocycles. The Labute approximate surface area is 126 Å². The zero-order chi connectivity index (χ0) is 14.5. The standard InChI is InChI=1S/C16H24N4O/c1-13-10-17-16(19-13)18-11-14-2-4-15(5-3-14)12-20-6-8-21-9-7-20/h2-5,13H,6-12H2,1H3,(H2,17,18,19). The molecule has 114 valence electrons. The number of ether oxygens (including phenoxy) is 1. The summed E-state index contributed by atoms with van der Waals surface area (Å²) >= 11 is 0. The highest BCUT2D eigenvalue weighted by Crippen LogP contribution is 2.09. The zero-order valence-corrected chi connectivity index (χ0v) is 12.6. The van der Waals surface area contributed by atoms with Gasteiger partial charge in [0.1, 0.15) is 0 Å². The van der Waals surface area contributed by atoms with Crippen molar-refractivity contribution in [2.24, 2.45) is 4.99 Å². The Morgan fingerprint density at radius 2 is 1.95 bits per heavy atom. The summed E-state index contributed by atoms with van der Waals surface area (Å²) in [6.45, 7) is 8.61. The minimum absolute atomic E-state index is 0.448. The third-order valence-corrected chi connectivity index (χ3v) is 3.90. The number of hydrogen-bond acceptors (Lipinski definition) is 5. The Kier molecular flexibility index (Phi) is 4.72. The molecule has 0 saturated carbocycles. The van der Waals surface area contributed by atoms with Crippen molar-refractivity contribution in [2.45, 2.75) is 26.1 Å². The summed E-state index contributed by atoms with van der Waals surface area (Å²) < 4.78 is 5.38. The van der Waals surface area contributed by atoms with Crippen molar-refractivity contribution in [2.75, 3.05) is 32.8 Å². The molecule has 2 aliphatic heterocycles. The van der Waals surface area contributed by atoms with Gasteiger partial charge in [0, 0.05) is 32.2 Å². The summed E-state index contributed by atoms with van der Waals surface area (Å²) in [6, 6.07) is 9.28. The number of hydrogen-bond donors (Lipinski definition) is 2. The third kappa shape index (κ3) is 4.19. The molecule has 21 heavy (non-hydrogen) atoms. The Bertz CT molecular complexity index is 480. The van der Waals surface area contributed by atoms with Gasteiger partial charge in [-0.25, -0.2) is 0 Å². The molecule has 5 nitrogen and oxygen atoms in total. The van der Waals surface area contributed by atoms with Gasteiger partial charge in [-0.15, -0.1) is 0 Å². The molecule has 1 saturated heterocycles. The Balaban J connectivity index is 1.47. The summed E-state index contributed by atoms with van der Waals surface area (Å²) in [5.41, 5.74) is 2.65. The first-order chi connectivity index (χ1) is 10.3. The first kappa shape index (κ1) is 14.4. The number of benzene rings is 1. The molecule has 0 bridgehead atoms. The van der Waals surface area contributed by atoms with Gasteiger partial charge in [-0.3, -0.25) is 9.89 Å². The zero-order valence-electron chi connectivity index (χ0n) is 12.6. The lowest BCUT2D eigenvalue weighted by atomic mass is 10.1. The molecule has 1 unspecified atom stereocenters. The van der Waals surface area contributed by atoms with Crippen molar-refractivity contribution in [3.8, 4) is 0 Å². The number of nitrogens with zero attached hydrogens (tertiary/aromatic N) is 2. The van der Waals surface area contributed by atoms with Crippen LogP contribution < -0.4 is 10.6 Å². The van der Waals surface area contributed by atoms with E-state index in [1.54, 1.807) is 0 Å². The first-order valence-electron chi connectivity index (χ1n) is 7.72. The lowest BCUT2D eigenvalue weighted by Gasteiger charge is -2.26. The minimum atomic E-state index is 0.448. The maximum atomic E-state index is 5.38. The molecule has 3 rings (SSSR count). The lowest BCUT2D eigenvalue weighted by Crippen LogP contribution is -2.37. The van der Waals surface area contributed by atoms with E-state index in [9.17, 15) is 0 Å². The fourth-order valence-corrected chi connectivity index (χ4v) is 2.63. The highest BCUT2D eigenvalue weighted by atomic mass is 16.5. The number of morpholine rings is 1. The average Bonchev–Trinajstić information content (AvgIpc) is 2.93. The molecule has 0 aliphatic carbocycles. The van der Waals surface area contributed by atoms with Gasteiger partial charge >= 0.3 is 0 Å². The molecule has 5 heteroatoms. The van der Waals surface area contributed by atoms with Crippen LogP contribution in [0.1, 0.15) is 18.1 Å². The van der Waals surface area contributed by atoms with Crippen LogP contribution in [-0.2, 0) is 17.8 Å². The van der Waals surface area contributed by atoms with E-state index in [1.165, 1.54) is 11.1 Å². The molecular weight excluding hydrogens is 264 g/mol. The van der Waals surface area contributed by atoms with E-state index < -0.39 is 0 Å². The van der Waals surface area contributed by atoms with E-state index in [-0.39, 0.29) is 0 Å². The van der Waals surface area contributed by atoms with Gasteiger partial charge in [0.05, 0.1) is 19.8 Å². The van der Waals surface area contributed by atoms with Gasteiger partial charge < -0.3 is 15.4 Å². The van der Waals surface area contributed by atoms with Crippen LogP contribution in [0.15, 0.2) is 29.3 Å². The van der Waals surface area contributed by atoms with Gasteiger partial charge in [0.2, 0.25) is 0 Å². The highest BCUT2D eigenvalue weighted by Gasteiger charge is 2.12. The first-order valence-corrected chi connectivity index (χ1v) is 7.72. The SMILES string of the molecule is CC1CN=C(NCc2ccc(CN3CCOCC3)cc2)N1. The molecule has 2 heterocycles. The summed E-state index contributed by atoms with van der Waals surface area (Å²) in [7, 11) is 0. The van der Waals surface area contributed by atoms with Crippen molar-refractivity contribution in [3.05, 3.63) is 35.4 Å². The van der Waals surface area contributed by atoms with E-state index in [0.717, 1.165) is 51.9 Å². The van der Waals surface area contributed by atoms with Crippen LogP contribution in [0.2, 0.25) is 0 Å². The Morgan fingerprint density at radius 1 is 1.24 bits per heavy atom. The van der Waals surface area contributed by atoms with Crippen molar-refractivity contribution in [3.63, 3.8) is 0 Å². The van der Waals surface area contributed by atoms with Crippen molar-refractivity contribution in [1.29, 1.82) is 0 Å². The van der Waals surface area contributed by atoms with E-state index in [2.05, 4.69) is 51.7 Å². The van der Waals surface area contributed by atoms with Crippen molar-refractivity contribution >= 4 is 5.96 Å².